The van der Waals surface area contributed by atoms with E-state index in [4.69, 9.17) is 9.47 Å². The predicted octanol–water partition coefficient (Wildman–Crippen LogP) is 4.30. The molecule has 22 heavy (non-hydrogen) atoms. The molecular weight excluding hydrogens is 286 g/mol. The Morgan fingerprint density at radius 2 is 1.73 bits per heavy atom. The summed E-state index contributed by atoms with van der Waals surface area (Å²) in [5.74, 6) is -0.346. The lowest BCUT2D eigenvalue weighted by molar-refractivity contribution is -0.192. The van der Waals surface area contributed by atoms with Crippen molar-refractivity contribution in [2.45, 2.75) is 37.9 Å². The third kappa shape index (κ3) is 2.59. The van der Waals surface area contributed by atoms with Crippen LogP contribution in [0.1, 0.15) is 37.7 Å². The van der Waals surface area contributed by atoms with Crippen LogP contribution in [0.25, 0.3) is 5.57 Å². The lowest BCUT2D eigenvalue weighted by Crippen LogP contribution is -2.40. The summed E-state index contributed by atoms with van der Waals surface area (Å²) in [6, 6.07) is 3.79. The van der Waals surface area contributed by atoms with Gasteiger partial charge in [0.25, 0.3) is 0 Å². The Bertz CT molecular complexity index is 585. The Morgan fingerprint density at radius 1 is 1.00 bits per heavy atom. The van der Waals surface area contributed by atoms with Crippen molar-refractivity contribution in [1.29, 1.82) is 0 Å². The Morgan fingerprint density at radius 3 is 2.45 bits per heavy atom. The molecule has 4 rings (SSSR count). The predicted molar refractivity (Wildman–Crippen MR) is 79.0 cm³/mol. The maximum Gasteiger partial charge on any atom is 0.168 e. The highest BCUT2D eigenvalue weighted by Gasteiger charge is 2.45. The van der Waals surface area contributed by atoms with E-state index >= 15 is 0 Å². The molecule has 1 aromatic rings. The van der Waals surface area contributed by atoms with E-state index in [1.165, 1.54) is 12.1 Å². The molecule has 4 heteroatoms. The average molecular weight is 306 g/mol. The van der Waals surface area contributed by atoms with E-state index in [1.807, 2.05) is 0 Å². The second-order valence-electron chi connectivity index (χ2n) is 6.66. The highest BCUT2D eigenvalue weighted by Crippen LogP contribution is 2.47. The number of fused-ring (bicyclic) bond motifs is 1. The summed E-state index contributed by atoms with van der Waals surface area (Å²) in [4.78, 5) is 0. The zero-order valence-corrected chi connectivity index (χ0v) is 12.5. The zero-order valence-electron chi connectivity index (χ0n) is 12.5. The van der Waals surface area contributed by atoms with Gasteiger partial charge in [-0.1, -0.05) is 6.08 Å². The number of rotatable bonds is 1. The van der Waals surface area contributed by atoms with E-state index in [2.05, 4.69) is 6.08 Å². The van der Waals surface area contributed by atoms with E-state index in [9.17, 15) is 8.78 Å². The van der Waals surface area contributed by atoms with Crippen molar-refractivity contribution in [1.82, 2.24) is 0 Å². The first kappa shape index (κ1) is 14.3. The Balaban J connectivity index is 1.55. The molecule has 1 heterocycles. The normalized spacial score (nSPS) is 30.2. The van der Waals surface area contributed by atoms with Gasteiger partial charge in [-0.05, 0) is 54.4 Å². The largest absolute Gasteiger partial charge is 0.348 e. The van der Waals surface area contributed by atoms with Crippen molar-refractivity contribution in [3.05, 3.63) is 41.5 Å². The molecule has 0 radical (unpaired) electrons. The highest BCUT2D eigenvalue weighted by molar-refractivity contribution is 5.66. The summed E-state index contributed by atoms with van der Waals surface area (Å²) in [6.07, 6.45) is 6.99. The summed E-state index contributed by atoms with van der Waals surface area (Å²) in [5, 5.41) is 0. The van der Waals surface area contributed by atoms with Crippen molar-refractivity contribution in [2.75, 3.05) is 13.2 Å². The Kier molecular flexibility index (Phi) is 3.54. The molecule has 1 saturated heterocycles. The third-order valence-corrected chi connectivity index (χ3v) is 5.28. The molecule has 2 atom stereocenters. The van der Waals surface area contributed by atoms with Crippen molar-refractivity contribution < 1.29 is 18.3 Å². The van der Waals surface area contributed by atoms with E-state index < -0.39 is 11.6 Å². The Hall–Kier alpha value is -1.26. The van der Waals surface area contributed by atoms with Gasteiger partial charge in [0.15, 0.2) is 5.79 Å². The van der Waals surface area contributed by atoms with Crippen LogP contribution in [0.4, 0.5) is 8.78 Å². The van der Waals surface area contributed by atoms with Crippen molar-refractivity contribution >= 4 is 5.57 Å². The van der Waals surface area contributed by atoms with Crippen LogP contribution in [0.2, 0.25) is 0 Å². The maximum absolute atomic E-state index is 13.4. The van der Waals surface area contributed by atoms with Gasteiger partial charge in [-0.15, -0.1) is 0 Å². The fourth-order valence-corrected chi connectivity index (χ4v) is 4.23. The van der Waals surface area contributed by atoms with Crippen LogP contribution in [0.15, 0.2) is 24.3 Å². The molecule has 1 saturated carbocycles. The molecule has 1 aromatic carbocycles. The molecule has 0 N–H and O–H groups in total. The van der Waals surface area contributed by atoms with Gasteiger partial charge in [-0.2, -0.15) is 0 Å². The van der Waals surface area contributed by atoms with Gasteiger partial charge in [0.1, 0.15) is 11.6 Å². The monoisotopic (exact) mass is 306 g/mol. The molecule has 2 nitrogen and oxygen atoms in total. The first-order valence-electron chi connectivity index (χ1n) is 8.09. The van der Waals surface area contributed by atoms with Crippen molar-refractivity contribution in [3.63, 3.8) is 0 Å². The minimum atomic E-state index is -0.506. The molecule has 1 aliphatic heterocycles. The van der Waals surface area contributed by atoms with Crippen LogP contribution >= 0.6 is 0 Å². The zero-order chi connectivity index (χ0) is 15.2. The SMILES string of the molecule is Fc1cc(F)cc(C2=CC3CCC4(CC3CC2)OCCO4)c1. The summed E-state index contributed by atoms with van der Waals surface area (Å²) in [5.41, 5.74) is 1.76. The van der Waals surface area contributed by atoms with E-state index in [0.717, 1.165) is 43.7 Å². The first-order valence-corrected chi connectivity index (χ1v) is 8.09. The summed E-state index contributed by atoms with van der Waals surface area (Å²) in [7, 11) is 0. The van der Waals surface area contributed by atoms with Gasteiger partial charge in [-0.25, -0.2) is 8.78 Å². The average Bonchev–Trinajstić information content (AvgIpc) is 2.94. The number of halogens is 2. The summed E-state index contributed by atoms with van der Waals surface area (Å²) < 4.78 is 38.5. The molecule has 1 spiro atoms. The van der Waals surface area contributed by atoms with Crippen LogP contribution in [0.3, 0.4) is 0 Å². The van der Waals surface area contributed by atoms with Crippen LogP contribution < -0.4 is 0 Å². The molecule has 0 amide bonds. The van der Waals surface area contributed by atoms with Crippen LogP contribution in [-0.2, 0) is 9.47 Å². The fraction of sp³-hybridized carbons (Fsp3) is 0.556. The van der Waals surface area contributed by atoms with Gasteiger partial charge >= 0.3 is 0 Å². The summed E-state index contributed by atoms with van der Waals surface area (Å²) in [6.45, 7) is 1.39. The number of hydrogen-bond acceptors (Lipinski definition) is 2. The van der Waals surface area contributed by atoms with E-state index in [1.54, 1.807) is 0 Å². The summed E-state index contributed by atoms with van der Waals surface area (Å²) >= 11 is 0. The fourth-order valence-electron chi connectivity index (χ4n) is 4.23. The smallest absolute Gasteiger partial charge is 0.168 e. The molecule has 0 aromatic heterocycles. The van der Waals surface area contributed by atoms with Crippen molar-refractivity contribution in [2.24, 2.45) is 11.8 Å². The third-order valence-electron chi connectivity index (χ3n) is 5.28. The number of hydrogen-bond donors (Lipinski definition) is 0. The van der Waals surface area contributed by atoms with Gasteiger partial charge in [0, 0.05) is 18.9 Å². The van der Waals surface area contributed by atoms with Crippen LogP contribution in [0, 0.1) is 23.5 Å². The standard InChI is InChI=1S/C18H20F2O2/c19-16-8-15(9-17(20)10-16)12-1-2-14-11-18(21-5-6-22-18)4-3-13(14)7-12/h7-10,13-14H,1-6,11H2. The number of benzene rings is 1. The lowest BCUT2D eigenvalue weighted by Gasteiger charge is -2.42. The van der Waals surface area contributed by atoms with Crippen LogP contribution in [-0.4, -0.2) is 19.0 Å². The molecule has 2 aliphatic carbocycles. The minimum absolute atomic E-state index is 0.350. The second kappa shape index (κ2) is 5.43. The first-order chi connectivity index (χ1) is 10.6. The van der Waals surface area contributed by atoms with Gasteiger partial charge < -0.3 is 9.47 Å². The van der Waals surface area contributed by atoms with E-state index in [-0.39, 0.29) is 5.79 Å². The van der Waals surface area contributed by atoms with Crippen molar-refractivity contribution in [3.8, 4) is 0 Å². The second-order valence-corrected chi connectivity index (χ2v) is 6.66. The van der Waals surface area contributed by atoms with Gasteiger partial charge in [0.2, 0.25) is 0 Å². The topological polar surface area (TPSA) is 18.5 Å². The molecule has 2 fully saturated rings. The molecular formula is C18H20F2O2. The number of ether oxygens (including phenoxy) is 2. The van der Waals surface area contributed by atoms with Crippen LogP contribution in [0.5, 0.6) is 0 Å². The lowest BCUT2D eigenvalue weighted by atomic mass is 9.69. The van der Waals surface area contributed by atoms with Gasteiger partial charge in [0.05, 0.1) is 13.2 Å². The Labute approximate surface area is 129 Å². The van der Waals surface area contributed by atoms with Gasteiger partial charge in [-0.3, -0.25) is 0 Å². The minimum Gasteiger partial charge on any atom is -0.348 e. The van der Waals surface area contributed by atoms with E-state index in [0.29, 0.717) is 30.6 Å². The quantitative estimate of drug-likeness (QED) is 0.770. The molecule has 2 unspecified atom stereocenters. The molecule has 0 bridgehead atoms. The molecule has 118 valence electrons. The number of allylic oxidation sites excluding steroid dienone is 2. The molecule has 3 aliphatic rings. The highest BCUT2D eigenvalue weighted by atomic mass is 19.1. The maximum atomic E-state index is 13.4.